The van der Waals surface area contributed by atoms with Crippen LogP contribution in [0.3, 0.4) is 0 Å². The standard InChI is InChI=1S/C46H41N5O4/c1-30(2)22-32-24-38-39-25-33(23-31(3)4)43(53-35-13-10-15-37(27-35)55-45-17-6-8-19-48-45)29-41(39)51(46-49-20-11-21-50-46)40(38)28-42(32)52-34-12-9-14-36(26-34)54-44-16-5-7-18-47-44/h5-21,24-31H,22-23H2,1-4H3. The van der Waals surface area contributed by atoms with Crippen molar-refractivity contribution in [3.05, 3.63) is 151 Å². The molecule has 274 valence electrons. The van der Waals surface area contributed by atoms with Crippen LogP contribution in [-0.2, 0) is 12.8 Å². The molecule has 4 aromatic carbocycles. The number of nitrogens with zero attached hydrogens (tertiary/aromatic N) is 5. The van der Waals surface area contributed by atoms with Gasteiger partial charge in [-0.05, 0) is 90.4 Å². The average molecular weight is 728 g/mol. The summed E-state index contributed by atoms with van der Waals surface area (Å²) in [5.74, 6) is 6.42. The molecular weight excluding hydrogens is 687 g/mol. The monoisotopic (exact) mass is 727 g/mol. The van der Waals surface area contributed by atoms with Gasteiger partial charge in [0.15, 0.2) is 0 Å². The van der Waals surface area contributed by atoms with E-state index in [2.05, 4.69) is 66.5 Å². The van der Waals surface area contributed by atoms with Gasteiger partial charge in [-0.25, -0.2) is 19.9 Å². The summed E-state index contributed by atoms with van der Waals surface area (Å²) in [5, 5.41) is 2.17. The predicted octanol–water partition coefficient (Wildman–Crippen LogP) is 11.9. The van der Waals surface area contributed by atoms with E-state index in [-0.39, 0.29) is 0 Å². The first kappa shape index (κ1) is 35.3. The molecule has 0 amide bonds. The molecule has 0 unspecified atom stereocenters. The zero-order valence-corrected chi connectivity index (χ0v) is 31.2. The Hall–Kier alpha value is -6.74. The van der Waals surface area contributed by atoms with Gasteiger partial charge in [-0.15, -0.1) is 0 Å². The number of hydrogen-bond acceptors (Lipinski definition) is 8. The van der Waals surface area contributed by atoms with Gasteiger partial charge < -0.3 is 18.9 Å². The molecule has 0 saturated heterocycles. The van der Waals surface area contributed by atoms with Gasteiger partial charge in [-0.1, -0.05) is 52.0 Å². The highest BCUT2D eigenvalue weighted by Gasteiger charge is 2.22. The van der Waals surface area contributed by atoms with Crippen LogP contribution >= 0.6 is 0 Å². The Labute approximate surface area is 320 Å². The van der Waals surface area contributed by atoms with E-state index in [9.17, 15) is 0 Å². The van der Waals surface area contributed by atoms with Gasteiger partial charge in [-0.3, -0.25) is 4.57 Å². The normalized spacial score (nSPS) is 11.4. The van der Waals surface area contributed by atoms with E-state index in [4.69, 9.17) is 28.9 Å². The Morgan fingerprint density at radius 1 is 0.455 bits per heavy atom. The number of benzene rings is 4. The third-order valence-electron chi connectivity index (χ3n) is 8.93. The van der Waals surface area contributed by atoms with Crippen LogP contribution in [-0.4, -0.2) is 24.5 Å². The molecule has 9 nitrogen and oxygen atoms in total. The summed E-state index contributed by atoms with van der Waals surface area (Å²) in [6, 6.07) is 37.0. The van der Waals surface area contributed by atoms with Crippen molar-refractivity contribution in [3.8, 4) is 52.2 Å². The fourth-order valence-electron chi connectivity index (χ4n) is 6.68. The molecule has 0 radical (unpaired) electrons. The van der Waals surface area contributed by atoms with Gasteiger partial charge >= 0.3 is 0 Å². The number of ether oxygens (including phenoxy) is 4. The van der Waals surface area contributed by atoms with E-state index in [0.29, 0.717) is 52.5 Å². The summed E-state index contributed by atoms with van der Waals surface area (Å²) in [4.78, 5) is 18.0. The lowest BCUT2D eigenvalue weighted by Gasteiger charge is -2.15. The van der Waals surface area contributed by atoms with Crippen LogP contribution in [0, 0.1) is 11.8 Å². The van der Waals surface area contributed by atoms with Crippen LogP contribution < -0.4 is 18.9 Å². The summed E-state index contributed by atoms with van der Waals surface area (Å²) in [6.45, 7) is 8.88. The minimum atomic E-state index is 0.387. The van der Waals surface area contributed by atoms with Crippen molar-refractivity contribution < 1.29 is 18.9 Å². The highest BCUT2D eigenvalue weighted by molar-refractivity contribution is 6.10. The van der Waals surface area contributed by atoms with Gasteiger partial charge in [0.1, 0.15) is 34.5 Å². The van der Waals surface area contributed by atoms with E-state index in [0.717, 1.165) is 57.3 Å². The van der Waals surface area contributed by atoms with Gasteiger partial charge in [0.25, 0.3) is 0 Å². The minimum absolute atomic E-state index is 0.387. The maximum atomic E-state index is 6.72. The zero-order valence-electron chi connectivity index (χ0n) is 31.2. The molecule has 55 heavy (non-hydrogen) atoms. The Bertz CT molecular complexity index is 2400. The third kappa shape index (κ3) is 8.11. The van der Waals surface area contributed by atoms with E-state index >= 15 is 0 Å². The molecule has 0 spiro atoms. The van der Waals surface area contributed by atoms with Crippen molar-refractivity contribution in [2.45, 2.75) is 40.5 Å². The number of aromatic nitrogens is 5. The summed E-state index contributed by atoms with van der Waals surface area (Å²) in [5.41, 5.74) is 4.04. The van der Waals surface area contributed by atoms with E-state index in [1.807, 2.05) is 91.0 Å². The Morgan fingerprint density at radius 3 is 1.31 bits per heavy atom. The molecular formula is C46H41N5O4. The largest absolute Gasteiger partial charge is 0.457 e. The van der Waals surface area contributed by atoms with E-state index in [1.165, 1.54) is 0 Å². The number of hydrogen-bond donors (Lipinski definition) is 0. The van der Waals surface area contributed by atoms with Crippen LogP contribution in [0.5, 0.6) is 46.3 Å². The Morgan fingerprint density at radius 2 is 0.891 bits per heavy atom. The minimum Gasteiger partial charge on any atom is -0.457 e. The van der Waals surface area contributed by atoms with Crippen LogP contribution in [0.1, 0.15) is 38.8 Å². The SMILES string of the molecule is CC(C)Cc1cc2c3cc(CC(C)C)c(Oc4cccc(Oc5ccccn5)c4)cc3n(-c3ncccn3)c2cc1Oc1cccc(Oc2ccccn2)c1. The van der Waals surface area contributed by atoms with E-state index < -0.39 is 0 Å². The van der Waals surface area contributed by atoms with E-state index in [1.54, 1.807) is 24.8 Å². The molecule has 8 rings (SSSR count). The molecule has 0 aliphatic heterocycles. The van der Waals surface area contributed by atoms with Crippen LogP contribution in [0.25, 0.3) is 27.8 Å². The maximum Gasteiger partial charge on any atom is 0.234 e. The fraction of sp³-hybridized carbons (Fsp3) is 0.174. The number of fused-ring (bicyclic) bond motifs is 3. The van der Waals surface area contributed by atoms with Crippen molar-refractivity contribution in [2.24, 2.45) is 11.8 Å². The molecule has 4 heterocycles. The predicted molar refractivity (Wildman–Crippen MR) is 215 cm³/mol. The molecule has 0 aliphatic carbocycles. The molecule has 9 heteroatoms. The molecule has 0 bridgehead atoms. The first-order valence-corrected chi connectivity index (χ1v) is 18.5. The van der Waals surface area contributed by atoms with Crippen molar-refractivity contribution >= 4 is 21.8 Å². The summed E-state index contributed by atoms with van der Waals surface area (Å²) in [6.07, 6.45) is 8.57. The molecule has 0 N–H and O–H groups in total. The quantitative estimate of drug-likeness (QED) is 0.116. The zero-order chi connectivity index (χ0) is 37.7. The number of pyridine rings is 2. The van der Waals surface area contributed by atoms with Crippen molar-refractivity contribution in [2.75, 3.05) is 0 Å². The second-order valence-electron chi connectivity index (χ2n) is 14.2. The highest BCUT2D eigenvalue weighted by Crippen LogP contribution is 2.42. The smallest absolute Gasteiger partial charge is 0.234 e. The van der Waals surface area contributed by atoms with Crippen LogP contribution in [0.2, 0.25) is 0 Å². The van der Waals surface area contributed by atoms with Gasteiger partial charge in [0, 0.05) is 72.0 Å². The Balaban J connectivity index is 1.26. The maximum absolute atomic E-state index is 6.72. The lowest BCUT2D eigenvalue weighted by Crippen LogP contribution is -2.02. The highest BCUT2D eigenvalue weighted by atomic mass is 16.5. The number of rotatable bonds is 13. The summed E-state index contributed by atoms with van der Waals surface area (Å²) >= 11 is 0. The summed E-state index contributed by atoms with van der Waals surface area (Å²) < 4.78 is 27.6. The van der Waals surface area contributed by atoms with Gasteiger partial charge in [0.05, 0.1) is 11.0 Å². The molecule has 0 aliphatic rings. The van der Waals surface area contributed by atoms with Gasteiger partial charge in [0.2, 0.25) is 17.7 Å². The van der Waals surface area contributed by atoms with Crippen molar-refractivity contribution in [3.63, 3.8) is 0 Å². The topological polar surface area (TPSA) is 93.4 Å². The third-order valence-corrected chi connectivity index (χ3v) is 8.93. The molecule has 4 aromatic heterocycles. The Kier molecular flexibility index (Phi) is 10.1. The lowest BCUT2D eigenvalue weighted by atomic mass is 9.97. The first-order chi connectivity index (χ1) is 26.9. The van der Waals surface area contributed by atoms with Crippen LogP contribution in [0.4, 0.5) is 0 Å². The van der Waals surface area contributed by atoms with Crippen molar-refractivity contribution in [1.29, 1.82) is 0 Å². The molecule has 0 atom stereocenters. The molecule has 8 aromatic rings. The summed E-state index contributed by atoms with van der Waals surface area (Å²) in [7, 11) is 0. The molecule has 0 fully saturated rings. The average Bonchev–Trinajstić information content (AvgIpc) is 3.47. The fourth-order valence-corrected chi connectivity index (χ4v) is 6.68. The first-order valence-electron chi connectivity index (χ1n) is 18.5. The van der Waals surface area contributed by atoms with Crippen LogP contribution in [0.15, 0.2) is 140 Å². The van der Waals surface area contributed by atoms with Gasteiger partial charge in [-0.2, -0.15) is 0 Å². The second-order valence-corrected chi connectivity index (χ2v) is 14.2. The van der Waals surface area contributed by atoms with Crippen molar-refractivity contribution in [1.82, 2.24) is 24.5 Å². The lowest BCUT2D eigenvalue weighted by molar-refractivity contribution is 0.445. The second kappa shape index (κ2) is 15.7. The molecule has 0 saturated carbocycles.